The molecule has 7 heteroatoms. The van der Waals surface area contributed by atoms with Gasteiger partial charge in [0.25, 0.3) is 5.91 Å². The minimum absolute atomic E-state index is 0.0177. The Hall–Kier alpha value is -1.37. The molecule has 1 saturated heterocycles. The van der Waals surface area contributed by atoms with Crippen LogP contribution in [0.15, 0.2) is 18.2 Å². The summed E-state index contributed by atoms with van der Waals surface area (Å²) in [5, 5.41) is 2.94. The third-order valence-electron chi connectivity index (χ3n) is 3.63. The Morgan fingerprint density at radius 3 is 3.04 bits per heavy atom. The number of carbonyl (C=O) groups is 1. The molecule has 0 saturated carbocycles. The monoisotopic (exact) mass is 358 g/mol. The number of benzene rings is 1. The minimum atomic E-state index is -0.447. The lowest BCUT2D eigenvalue weighted by Crippen LogP contribution is -2.48. The average molecular weight is 359 g/mol. The summed E-state index contributed by atoms with van der Waals surface area (Å²) in [4.78, 5) is 14.2. The molecule has 24 heavy (non-hydrogen) atoms. The van der Waals surface area contributed by atoms with Crippen molar-refractivity contribution in [2.75, 3.05) is 39.4 Å². The van der Waals surface area contributed by atoms with Crippen molar-refractivity contribution in [3.8, 4) is 5.75 Å². The molecule has 5 nitrogen and oxygen atoms in total. The zero-order valence-corrected chi connectivity index (χ0v) is 14.8. The van der Waals surface area contributed by atoms with E-state index >= 15 is 0 Å². The molecule has 134 valence electrons. The molecule has 0 radical (unpaired) electrons. The Bertz CT molecular complexity index is 557. The highest BCUT2D eigenvalue weighted by Crippen LogP contribution is 2.24. The Morgan fingerprint density at radius 2 is 2.33 bits per heavy atom. The van der Waals surface area contributed by atoms with E-state index in [0.29, 0.717) is 19.1 Å². The van der Waals surface area contributed by atoms with Gasteiger partial charge in [0.2, 0.25) is 0 Å². The van der Waals surface area contributed by atoms with E-state index in [9.17, 15) is 9.18 Å². The van der Waals surface area contributed by atoms with E-state index in [1.165, 1.54) is 12.1 Å². The predicted octanol–water partition coefficient (Wildman–Crippen LogP) is 2.33. The molecule has 0 bridgehead atoms. The number of halogens is 2. The molecule has 0 spiro atoms. The van der Waals surface area contributed by atoms with Crippen LogP contribution in [-0.2, 0) is 9.53 Å². The smallest absolute Gasteiger partial charge is 0.258 e. The molecule has 1 atom stereocenters. The van der Waals surface area contributed by atoms with E-state index in [-0.39, 0.29) is 29.4 Å². The fraction of sp³-hybridized carbons (Fsp3) is 0.588. The van der Waals surface area contributed by atoms with Crippen LogP contribution in [0, 0.1) is 11.7 Å². The lowest BCUT2D eigenvalue weighted by atomic mass is 10.2. The Morgan fingerprint density at radius 1 is 1.54 bits per heavy atom. The zero-order valence-electron chi connectivity index (χ0n) is 14.1. The first-order valence-electron chi connectivity index (χ1n) is 8.12. The normalized spacial score (nSPS) is 18.6. The highest BCUT2D eigenvalue weighted by atomic mass is 35.5. The van der Waals surface area contributed by atoms with Gasteiger partial charge in [0, 0.05) is 26.2 Å². The first kappa shape index (κ1) is 19.0. The van der Waals surface area contributed by atoms with Crippen LogP contribution in [0.5, 0.6) is 5.75 Å². The van der Waals surface area contributed by atoms with Crippen LogP contribution >= 0.6 is 11.6 Å². The second-order valence-electron chi connectivity index (χ2n) is 6.31. The highest BCUT2D eigenvalue weighted by Gasteiger charge is 2.21. The van der Waals surface area contributed by atoms with Crippen LogP contribution in [0.3, 0.4) is 0 Å². The predicted molar refractivity (Wildman–Crippen MR) is 90.9 cm³/mol. The van der Waals surface area contributed by atoms with Gasteiger partial charge in [-0.25, -0.2) is 4.39 Å². The number of carbonyl (C=O) groups excluding carboxylic acids is 1. The summed E-state index contributed by atoms with van der Waals surface area (Å²) in [7, 11) is 0. The maximum atomic E-state index is 12.9. The van der Waals surface area contributed by atoms with Crippen molar-refractivity contribution in [1.82, 2.24) is 10.2 Å². The summed E-state index contributed by atoms with van der Waals surface area (Å²) in [5.74, 6) is 0.176. The lowest BCUT2D eigenvalue weighted by molar-refractivity contribution is -0.124. The van der Waals surface area contributed by atoms with Crippen LogP contribution in [0.4, 0.5) is 4.39 Å². The molecule has 1 aromatic carbocycles. The van der Waals surface area contributed by atoms with Gasteiger partial charge in [0.15, 0.2) is 6.61 Å². The minimum Gasteiger partial charge on any atom is -0.482 e. The molecular weight excluding hydrogens is 335 g/mol. The van der Waals surface area contributed by atoms with Gasteiger partial charge >= 0.3 is 0 Å². The van der Waals surface area contributed by atoms with Crippen molar-refractivity contribution in [2.45, 2.75) is 20.0 Å². The molecule has 0 aromatic heterocycles. The first-order valence-corrected chi connectivity index (χ1v) is 8.50. The Labute approximate surface area is 147 Å². The van der Waals surface area contributed by atoms with E-state index in [1.54, 1.807) is 0 Å². The molecule has 1 aromatic rings. The van der Waals surface area contributed by atoms with Gasteiger partial charge in [-0.2, -0.15) is 0 Å². The largest absolute Gasteiger partial charge is 0.482 e. The van der Waals surface area contributed by atoms with Gasteiger partial charge in [-0.1, -0.05) is 25.4 Å². The number of rotatable bonds is 7. The molecule has 1 aliphatic heterocycles. The van der Waals surface area contributed by atoms with Crippen LogP contribution < -0.4 is 10.1 Å². The highest BCUT2D eigenvalue weighted by molar-refractivity contribution is 6.32. The molecule has 1 amide bonds. The summed E-state index contributed by atoms with van der Waals surface area (Å²) in [6, 6.07) is 3.78. The first-order chi connectivity index (χ1) is 11.4. The van der Waals surface area contributed by atoms with Gasteiger partial charge in [-0.15, -0.1) is 0 Å². The number of amides is 1. The van der Waals surface area contributed by atoms with E-state index in [0.717, 1.165) is 25.7 Å². The van der Waals surface area contributed by atoms with Crippen molar-refractivity contribution in [3.63, 3.8) is 0 Å². The van der Waals surface area contributed by atoms with Gasteiger partial charge in [-0.3, -0.25) is 9.69 Å². The summed E-state index contributed by atoms with van der Waals surface area (Å²) in [6.07, 6.45) is -0.0177. The summed E-state index contributed by atoms with van der Waals surface area (Å²) in [5.41, 5.74) is 0. The van der Waals surface area contributed by atoms with Crippen LogP contribution in [0.2, 0.25) is 5.02 Å². The standard InChI is InChI=1S/C17H24ClFN2O3/c1-12(2)9-21-5-6-23-14(10-21)8-20-17(22)11-24-16-4-3-13(19)7-15(16)18/h3-4,7,12,14H,5-6,8-11H2,1-2H3,(H,20,22). The Balaban J connectivity index is 1.71. The van der Waals surface area contributed by atoms with Crippen LogP contribution in [0.1, 0.15) is 13.8 Å². The van der Waals surface area contributed by atoms with E-state index in [1.807, 2.05) is 0 Å². The number of nitrogens with zero attached hydrogens (tertiary/aromatic N) is 1. The second kappa shape index (κ2) is 9.20. The van der Waals surface area contributed by atoms with Crippen molar-refractivity contribution in [1.29, 1.82) is 0 Å². The third-order valence-corrected chi connectivity index (χ3v) is 3.92. The van der Waals surface area contributed by atoms with E-state index < -0.39 is 5.82 Å². The number of hydrogen-bond acceptors (Lipinski definition) is 4. The maximum absolute atomic E-state index is 12.9. The van der Waals surface area contributed by atoms with Gasteiger partial charge in [-0.05, 0) is 24.1 Å². The molecule has 1 heterocycles. The van der Waals surface area contributed by atoms with E-state index in [4.69, 9.17) is 21.1 Å². The molecule has 1 N–H and O–H groups in total. The van der Waals surface area contributed by atoms with Crippen molar-refractivity contribution in [2.24, 2.45) is 5.92 Å². The van der Waals surface area contributed by atoms with Crippen molar-refractivity contribution < 1.29 is 18.7 Å². The van der Waals surface area contributed by atoms with Gasteiger partial charge < -0.3 is 14.8 Å². The second-order valence-corrected chi connectivity index (χ2v) is 6.72. The molecule has 1 fully saturated rings. The molecule has 2 rings (SSSR count). The molecule has 1 unspecified atom stereocenters. The summed E-state index contributed by atoms with van der Waals surface area (Å²) < 4.78 is 23.9. The SMILES string of the molecule is CC(C)CN1CCOC(CNC(=O)COc2ccc(F)cc2Cl)C1. The number of hydrogen-bond donors (Lipinski definition) is 1. The summed E-state index contributed by atoms with van der Waals surface area (Å²) >= 11 is 5.85. The van der Waals surface area contributed by atoms with Crippen LogP contribution in [0.25, 0.3) is 0 Å². The zero-order chi connectivity index (χ0) is 17.5. The molecule has 0 aliphatic carbocycles. The number of nitrogens with one attached hydrogen (secondary N) is 1. The van der Waals surface area contributed by atoms with Crippen LogP contribution in [-0.4, -0.2) is 56.3 Å². The van der Waals surface area contributed by atoms with Crippen molar-refractivity contribution >= 4 is 17.5 Å². The van der Waals surface area contributed by atoms with E-state index in [2.05, 4.69) is 24.1 Å². The molecule has 1 aliphatic rings. The number of ether oxygens (including phenoxy) is 2. The average Bonchev–Trinajstić information content (AvgIpc) is 2.52. The lowest BCUT2D eigenvalue weighted by Gasteiger charge is -2.33. The third kappa shape index (κ3) is 6.26. The summed E-state index contributed by atoms with van der Waals surface area (Å²) in [6.45, 7) is 8.07. The number of morpholine rings is 1. The topological polar surface area (TPSA) is 50.8 Å². The fourth-order valence-corrected chi connectivity index (χ4v) is 2.82. The molecular formula is C17H24ClFN2O3. The maximum Gasteiger partial charge on any atom is 0.258 e. The van der Waals surface area contributed by atoms with Gasteiger partial charge in [0.1, 0.15) is 11.6 Å². The quantitative estimate of drug-likeness (QED) is 0.812. The fourth-order valence-electron chi connectivity index (χ4n) is 2.60. The Kier molecular flexibility index (Phi) is 7.27. The van der Waals surface area contributed by atoms with Gasteiger partial charge in [0.05, 0.1) is 17.7 Å². The van der Waals surface area contributed by atoms with Crippen molar-refractivity contribution in [3.05, 3.63) is 29.0 Å².